The second-order valence-corrected chi connectivity index (χ2v) is 7.14. The molecular formula is C9H16O4S3. The first-order valence-corrected chi connectivity index (χ1v) is 8.42. The van der Waals surface area contributed by atoms with Gasteiger partial charge in [0, 0.05) is 5.75 Å². The van der Waals surface area contributed by atoms with Crippen molar-refractivity contribution in [2.24, 2.45) is 0 Å². The molecule has 0 aromatic heterocycles. The smallest absolute Gasteiger partial charge is 0.317 e. The van der Waals surface area contributed by atoms with E-state index in [1.165, 1.54) is 11.8 Å². The number of thioether (sulfide) groups is 1. The molecule has 0 aromatic rings. The Kier molecular flexibility index (Phi) is 10.2. The van der Waals surface area contributed by atoms with Crippen LogP contribution < -0.4 is 0 Å². The Bertz CT molecular complexity index is 223. The summed E-state index contributed by atoms with van der Waals surface area (Å²) < 4.78 is 0. The lowest BCUT2D eigenvalue weighted by Crippen LogP contribution is -2.20. The van der Waals surface area contributed by atoms with Gasteiger partial charge < -0.3 is 10.2 Å². The van der Waals surface area contributed by atoms with Crippen molar-refractivity contribution in [3.8, 4) is 0 Å². The lowest BCUT2D eigenvalue weighted by molar-refractivity contribution is -0.142. The van der Waals surface area contributed by atoms with E-state index in [0.29, 0.717) is 5.08 Å². The number of carboxylic acids is 2. The maximum Gasteiger partial charge on any atom is 0.317 e. The largest absolute Gasteiger partial charge is 0.481 e. The maximum absolute atomic E-state index is 10.7. The first-order valence-electron chi connectivity index (χ1n) is 4.88. The molecule has 0 saturated carbocycles. The zero-order valence-corrected chi connectivity index (χ0v) is 11.5. The van der Waals surface area contributed by atoms with Gasteiger partial charge in [0.1, 0.15) is 5.25 Å². The molecular weight excluding hydrogens is 268 g/mol. The van der Waals surface area contributed by atoms with Gasteiger partial charge in [-0.05, 0) is 6.42 Å². The van der Waals surface area contributed by atoms with Crippen LogP contribution in [0, 0.1) is 0 Å². The molecule has 0 saturated heterocycles. The van der Waals surface area contributed by atoms with E-state index >= 15 is 0 Å². The van der Waals surface area contributed by atoms with Crippen molar-refractivity contribution in [3.63, 3.8) is 0 Å². The normalized spacial score (nSPS) is 12.3. The molecule has 0 bridgehead atoms. The van der Waals surface area contributed by atoms with Gasteiger partial charge in [-0.1, -0.05) is 34.9 Å². The van der Waals surface area contributed by atoms with Gasteiger partial charge in [-0.25, -0.2) is 0 Å². The second-order valence-electron chi connectivity index (χ2n) is 3.00. The first-order chi connectivity index (χ1) is 7.57. The lowest BCUT2D eigenvalue weighted by Gasteiger charge is -2.08. The molecule has 0 aliphatic carbocycles. The third-order valence-electron chi connectivity index (χ3n) is 1.62. The van der Waals surface area contributed by atoms with Gasteiger partial charge in [0.2, 0.25) is 0 Å². The van der Waals surface area contributed by atoms with Gasteiger partial charge in [0.05, 0.1) is 11.5 Å². The van der Waals surface area contributed by atoms with Gasteiger partial charge in [-0.15, -0.1) is 11.8 Å². The Labute approximate surface area is 107 Å². The maximum atomic E-state index is 10.7. The van der Waals surface area contributed by atoms with Crippen LogP contribution in [0.2, 0.25) is 0 Å². The molecule has 0 amide bonds. The van der Waals surface area contributed by atoms with E-state index < -0.39 is 17.2 Å². The van der Waals surface area contributed by atoms with Gasteiger partial charge in [-0.3, -0.25) is 9.59 Å². The van der Waals surface area contributed by atoms with E-state index in [-0.39, 0.29) is 6.42 Å². The summed E-state index contributed by atoms with van der Waals surface area (Å²) >= 11 is 1.18. The summed E-state index contributed by atoms with van der Waals surface area (Å²) in [6.07, 6.45) is 1.98. The summed E-state index contributed by atoms with van der Waals surface area (Å²) in [5, 5.41) is 17.1. The van der Waals surface area contributed by atoms with Crippen LogP contribution in [0.4, 0.5) is 0 Å². The van der Waals surface area contributed by atoms with Crippen LogP contribution in [0.25, 0.3) is 0 Å². The molecule has 0 aliphatic heterocycles. The lowest BCUT2D eigenvalue weighted by atomic mass is 10.3. The number of carbonyl (C=O) groups is 2. The van der Waals surface area contributed by atoms with Crippen molar-refractivity contribution in [2.75, 3.05) is 10.8 Å². The summed E-state index contributed by atoms with van der Waals surface area (Å²) in [5.41, 5.74) is 0. The van der Waals surface area contributed by atoms with Crippen LogP contribution in [-0.4, -0.2) is 38.2 Å². The van der Waals surface area contributed by atoms with Gasteiger partial charge >= 0.3 is 11.9 Å². The number of hydrogen-bond donors (Lipinski definition) is 2. The van der Waals surface area contributed by atoms with E-state index in [2.05, 4.69) is 6.92 Å². The van der Waals surface area contributed by atoms with Crippen LogP contribution in [0.1, 0.15) is 26.2 Å². The molecule has 0 radical (unpaired) electrons. The molecule has 4 nitrogen and oxygen atoms in total. The molecule has 7 heteroatoms. The summed E-state index contributed by atoms with van der Waals surface area (Å²) in [4.78, 5) is 21.1. The highest BCUT2D eigenvalue weighted by atomic mass is 33.1. The molecule has 0 heterocycles. The summed E-state index contributed by atoms with van der Waals surface area (Å²) in [6.45, 7) is 2.12. The molecule has 0 aliphatic rings. The van der Waals surface area contributed by atoms with Crippen molar-refractivity contribution in [1.29, 1.82) is 0 Å². The molecule has 94 valence electrons. The molecule has 0 rings (SSSR count). The zero-order valence-electron chi connectivity index (χ0n) is 9.05. The average molecular weight is 284 g/mol. The Morgan fingerprint density at radius 3 is 2.44 bits per heavy atom. The predicted molar refractivity (Wildman–Crippen MR) is 71.1 cm³/mol. The van der Waals surface area contributed by atoms with Crippen LogP contribution >= 0.6 is 33.3 Å². The van der Waals surface area contributed by atoms with E-state index in [0.717, 1.165) is 18.6 Å². The van der Waals surface area contributed by atoms with Crippen molar-refractivity contribution in [1.82, 2.24) is 0 Å². The van der Waals surface area contributed by atoms with Crippen LogP contribution in [0.5, 0.6) is 0 Å². The number of carboxylic acid groups (broad SMARTS) is 2. The Hall–Kier alpha value is -0.0100. The molecule has 1 atom stereocenters. The van der Waals surface area contributed by atoms with E-state index in [9.17, 15) is 9.59 Å². The number of unbranched alkanes of at least 4 members (excludes halogenated alkanes) is 1. The van der Waals surface area contributed by atoms with Crippen LogP contribution in [0.3, 0.4) is 0 Å². The van der Waals surface area contributed by atoms with Crippen molar-refractivity contribution >= 4 is 45.3 Å². The Morgan fingerprint density at radius 2 is 1.94 bits per heavy atom. The Morgan fingerprint density at radius 1 is 1.25 bits per heavy atom. The Balaban J connectivity index is 3.60. The van der Waals surface area contributed by atoms with E-state index in [1.54, 1.807) is 21.6 Å². The van der Waals surface area contributed by atoms with Gasteiger partial charge in [0.15, 0.2) is 0 Å². The van der Waals surface area contributed by atoms with E-state index in [1.807, 2.05) is 0 Å². The summed E-state index contributed by atoms with van der Waals surface area (Å²) in [5.74, 6) is -1.06. The number of aliphatic carboxylic acids is 2. The first kappa shape index (κ1) is 16.0. The minimum atomic E-state index is -1.07. The third kappa shape index (κ3) is 9.23. The molecule has 0 spiro atoms. The highest BCUT2D eigenvalue weighted by molar-refractivity contribution is 8.78. The monoisotopic (exact) mass is 284 g/mol. The predicted octanol–water partition coefficient (Wildman–Crippen LogP) is 2.79. The average Bonchev–Trinajstić information content (AvgIpc) is 2.20. The number of hydrogen-bond acceptors (Lipinski definition) is 5. The van der Waals surface area contributed by atoms with Crippen molar-refractivity contribution < 1.29 is 19.8 Å². The molecule has 2 N–H and O–H groups in total. The van der Waals surface area contributed by atoms with Crippen molar-refractivity contribution in [2.45, 2.75) is 31.4 Å². The molecule has 0 fully saturated rings. The fourth-order valence-electron chi connectivity index (χ4n) is 0.782. The topological polar surface area (TPSA) is 74.6 Å². The quantitative estimate of drug-likeness (QED) is 0.363. The van der Waals surface area contributed by atoms with Crippen LogP contribution in [-0.2, 0) is 9.59 Å². The summed E-state index contributed by atoms with van der Waals surface area (Å²) in [7, 11) is 3.30. The highest BCUT2D eigenvalue weighted by Gasteiger charge is 2.21. The minimum Gasteiger partial charge on any atom is -0.481 e. The fourth-order valence-corrected chi connectivity index (χ4v) is 4.68. The molecule has 16 heavy (non-hydrogen) atoms. The summed E-state index contributed by atoms with van der Waals surface area (Å²) in [6, 6.07) is 0. The molecule has 1 unspecified atom stereocenters. The molecule has 0 aromatic carbocycles. The second kappa shape index (κ2) is 10.2. The standard InChI is InChI=1S/C9H16O4S3/c1-2-3-4-15-16-6-14-7(9(12)13)5-8(10)11/h7H,2-6H2,1H3,(H,10,11)(H,12,13). The highest BCUT2D eigenvalue weighted by Crippen LogP contribution is 2.29. The SMILES string of the molecule is CCCCSSCSC(CC(=O)O)C(=O)O. The third-order valence-corrected chi connectivity index (χ3v) is 5.81. The van der Waals surface area contributed by atoms with Crippen molar-refractivity contribution in [3.05, 3.63) is 0 Å². The van der Waals surface area contributed by atoms with Gasteiger partial charge in [-0.2, -0.15) is 0 Å². The van der Waals surface area contributed by atoms with Crippen LogP contribution in [0.15, 0.2) is 0 Å². The minimum absolute atomic E-state index is 0.319. The number of rotatable bonds is 10. The van der Waals surface area contributed by atoms with Gasteiger partial charge in [0.25, 0.3) is 0 Å². The zero-order chi connectivity index (χ0) is 12.4. The fraction of sp³-hybridized carbons (Fsp3) is 0.778. The van der Waals surface area contributed by atoms with E-state index in [4.69, 9.17) is 10.2 Å².